The first kappa shape index (κ1) is 19.5. The Morgan fingerprint density at radius 2 is 1.96 bits per heavy atom. The van der Waals surface area contributed by atoms with E-state index in [-0.39, 0.29) is 6.04 Å². The third-order valence-electron chi connectivity index (χ3n) is 4.42. The average Bonchev–Trinajstić information content (AvgIpc) is 3.34. The minimum Gasteiger partial charge on any atom is -0.468 e. The van der Waals surface area contributed by atoms with Gasteiger partial charge in [0.2, 0.25) is 0 Å². The Hall–Kier alpha value is -1.79. The minimum absolute atomic E-state index is 0.193. The van der Waals surface area contributed by atoms with Crippen LogP contribution < -0.4 is 10.6 Å². The lowest BCUT2D eigenvalue weighted by Gasteiger charge is -2.29. The summed E-state index contributed by atoms with van der Waals surface area (Å²) in [6, 6.07) is 8.46. The second-order valence-electron chi connectivity index (χ2n) is 6.00. The number of likely N-dealkylation sites (N-methyl/N-ethyl adjacent to an activating group) is 1. The van der Waals surface area contributed by atoms with Gasteiger partial charge in [0, 0.05) is 30.9 Å². The Kier molecular flexibility index (Phi) is 8.01. The normalized spacial score (nSPS) is 14.5. The summed E-state index contributed by atoms with van der Waals surface area (Å²) in [5.41, 5.74) is 0. The molecule has 25 heavy (non-hydrogen) atoms. The number of hydrogen-bond donors (Lipinski definition) is 2. The van der Waals surface area contributed by atoms with Crippen molar-refractivity contribution in [3.05, 3.63) is 46.5 Å². The standard InChI is InChI=1S/C19H30N4OS/c1-5-23(6-2)16(17-9-7-11-24-17)14-22-19(20-4)21-13-15(3)18-10-8-12-25-18/h7-12,15-16H,5-6,13-14H2,1-4H3,(H2,20,21,22). The molecule has 0 aliphatic rings. The van der Waals surface area contributed by atoms with E-state index < -0.39 is 0 Å². The Balaban J connectivity index is 1.91. The van der Waals surface area contributed by atoms with Crippen molar-refractivity contribution in [2.24, 2.45) is 4.99 Å². The highest BCUT2D eigenvalue weighted by atomic mass is 32.1. The summed E-state index contributed by atoms with van der Waals surface area (Å²) in [6.45, 7) is 10.1. The Morgan fingerprint density at radius 1 is 1.20 bits per heavy atom. The quantitative estimate of drug-likeness (QED) is 0.528. The van der Waals surface area contributed by atoms with Crippen LogP contribution in [0, 0.1) is 0 Å². The molecule has 138 valence electrons. The van der Waals surface area contributed by atoms with E-state index in [0.29, 0.717) is 5.92 Å². The van der Waals surface area contributed by atoms with Gasteiger partial charge in [-0.3, -0.25) is 9.89 Å². The molecule has 0 amide bonds. The van der Waals surface area contributed by atoms with Gasteiger partial charge in [-0.25, -0.2) is 0 Å². The molecule has 0 saturated heterocycles. The largest absolute Gasteiger partial charge is 0.468 e. The molecule has 0 saturated carbocycles. The van der Waals surface area contributed by atoms with Gasteiger partial charge in [-0.1, -0.05) is 26.8 Å². The van der Waals surface area contributed by atoms with Crippen LogP contribution in [0.4, 0.5) is 0 Å². The Bertz CT molecular complexity index is 605. The SMILES string of the molecule is CCN(CC)C(CNC(=NC)NCC(C)c1cccs1)c1ccco1. The summed E-state index contributed by atoms with van der Waals surface area (Å²) in [5.74, 6) is 2.27. The summed E-state index contributed by atoms with van der Waals surface area (Å²) in [4.78, 5) is 8.13. The van der Waals surface area contributed by atoms with E-state index in [9.17, 15) is 0 Å². The van der Waals surface area contributed by atoms with Gasteiger partial charge in [0.1, 0.15) is 5.76 Å². The minimum atomic E-state index is 0.193. The van der Waals surface area contributed by atoms with Gasteiger partial charge in [-0.15, -0.1) is 11.3 Å². The molecule has 2 atom stereocenters. The highest BCUT2D eigenvalue weighted by Crippen LogP contribution is 2.21. The van der Waals surface area contributed by atoms with Crippen molar-refractivity contribution < 1.29 is 4.42 Å². The monoisotopic (exact) mass is 362 g/mol. The first-order chi connectivity index (χ1) is 12.2. The maximum atomic E-state index is 5.65. The van der Waals surface area contributed by atoms with Crippen LogP contribution in [0.1, 0.15) is 43.4 Å². The first-order valence-electron chi connectivity index (χ1n) is 8.94. The fourth-order valence-corrected chi connectivity index (χ4v) is 3.68. The van der Waals surface area contributed by atoms with Crippen LogP contribution in [-0.2, 0) is 0 Å². The zero-order valence-corrected chi connectivity index (χ0v) is 16.5. The Morgan fingerprint density at radius 3 is 2.52 bits per heavy atom. The average molecular weight is 363 g/mol. The maximum absolute atomic E-state index is 5.65. The molecule has 6 heteroatoms. The van der Waals surface area contributed by atoms with Gasteiger partial charge >= 0.3 is 0 Å². The summed E-state index contributed by atoms with van der Waals surface area (Å²) >= 11 is 1.80. The molecule has 0 bridgehead atoms. The van der Waals surface area contributed by atoms with Gasteiger partial charge in [-0.05, 0) is 36.7 Å². The van der Waals surface area contributed by atoms with Crippen LogP contribution in [0.3, 0.4) is 0 Å². The molecule has 0 spiro atoms. The van der Waals surface area contributed by atoms with Crippen LogP contribution in [0.5, 0.6) is 0 Å². The zero-order valence-electron chi connectivity index (χ0n) is 15.7. The van der Waals surface area contributed by atoms with E-state index in [1.807, 2.05) is 19.2 Å². The molecule has 2 N–H and O–H groups in total. The van der Waals surface area contributed by atoms with Gasteiger partial charge < -0.3 is 15.1 Å². The number of hydrogen-bond acceptors (Lipinski definition) is 4. The second-order valence-corrected chi connectivity index (χ2v) is 6.98. The fraction of sp³-hybridized carbons (Fsp3) is 0.526. The number of aliphatic imine (C=N–C) groups is 1. The topological polar surface area (TPSA) is 52.8 Å². The van der Waals surface area contributed by atoms with Gasteiger partial charge in [-0.2, -0.15) is 0 Å². The summed E-state index contributed by atoms with van der Waals surface area (Å²) in [6.07, 6.45) is 1.74. The summed E-state index contributed by atoms with van der Waals surface area (Å²) in [5, 5.41) is 9.00. The lowest BCUT2D eigenvalue weighted by atomic mass is 10.1. The van der Waals surface area contributed by atoms with E-state index in [0.717, 1.165) is 37.9 Å². The number of rotatable bonds is 9. The van der Waals surface area contributed by atoms with Crippen LogP contribution in [0.2, 0.25) is 0 Å². The molecule has 2 aromatic heterocycles. The van der Waals surface area contributed by atoms with Crippen LogP contribution in [-0.4, -0.2) is 44.1 Å². The van der Waals surface area contributed by atoms with Gasteiger partial charge in [0.05, 0.1) is 12.3 Å². The van der Waals surface area contributed by atoms with Gasteiger partial charge in [0.15, 0.2) is 5.96 Å². The predicted molar refractivity (Wildman–Crippen MR) is 106 cm³/mol. The van der Waals surface area contributed by atoms with Crippen molar-refractivity contribution in [1.29, 1.82) is 0 Å². The third kappa shape index (κ3) is 5.61. The molecular weight excluding hydrogens is 332 g/mol. The third-order valence-corrected chi connectivity index (χ3v) is 5.52. The fourth-order valence-electron chi connectivity index (χ4n) is 2.89. The van der Waals surface area contributed by atoms with Crippen molar-refractivity contribution >= 4 is 17.3 Å². The number of thiophene rings is 1. The molecule has 2 rings (SSSR count). The second kappa shape index (κ2) is 10.3. The van der Waals surface area contributed by atoms with Gasteiger partial charge in [0.25, 0.3) is 0 Å². The van der Waals surface area contributed by atoms with E-state index in [1.165, 1.54) is 4.88 Å². The molecule has 0 aliphatic heterocycles. The predicted octanol–water partition coefficient (Wildman–Crippen LogP) is 3.69. The highest BCUT2D eigenvalue weighted by molar-refractivity contribution is 7.10. The smallest absolute Gasteiger partial charge is 0.191 e. The molecule has 5 nitrogen and oxygen atoms in total. The van der Waals surface area contributed by atoms with Crippen molar-refractivity contribution in [3.8, 4) is 0 Å². The van der Waals surface area contributed by atoms with Crippen molar-refractivity contribution in [2.45, 2.75) is 32.7 Å². The lowest BCUT2D eigenvalue weighted by molar-refractivity contribution is 0.193. The van der Waals surface area contributed by atoms with Crippen molar-refractivity contribution in [3.63, 3.8) is 0 Å². The van der Waals surface area contributed by atoms with Crippen LogP contribution >= 0.6 is 11.3 Å². The highest BCUT2D eigenvalue weighted by Gasteiger charge is 2.21. The summed E-state index contributed by atoms with van der Waals surface area (Å²) < 4.78 is 5.65. The first-order valence-corrected chi connectivity index (χ1v) is 9.82. The molecule has 0 radical (unpaired) electrons. The molecule has 0 fully saturated rings. The number of nitrogens with zero attached hydrogens (tertiary/aromatic N) is 2. The zero-order chi connectivity index (χ0) is 18.1. The summed E-state index contributed by atoms with van der Waals surface area (Å²) in [7, 11) is 1.81. The maximum Gasteiger partial charge on any atom is 0.191 e. The Labute approximate surface area is 155 Å². The van der Waals surface area contributed by atoms with E-state index >= 15 is 0 Å². The molecule has 0 aliphatic carbocycles. The number of nitrogens with one attached hydrogen (secondary N) is 2. The van der Waals surface area contributed by atoms with Crippen LogP contribution in [0.25, 0.3) is 0 Å². The molecular formula is C19H30N4OS. The van der Waals surface area contributed by atoms with Crippen molar-refractivity contribution in [1.82, 2.24) is 15.5 Å². The number of furan rings is 1. The molecule has 2 heterocycles. The van der Waals surface area contributed by atoms with E-state index in [2.05, 4.69) is 58.8 Å². The van der Waals surface area contributed by atoms with E-state index in [4.69, 9.17) is 4.42 Å². The molecule has 2 unspecified atom stereocenters. The van der Waals surface area contributed by atoms with Crippen molar-refractivity contribution in [2.75, 3.05) is 33.2 Å². The molecule has 0 aromatic carbocycles. The molecule has 2 aromatic rings. The van der Waals surface area contributed by atoms with Crippen LogP contribution in [0.15, 0.2) is 45.3 Å². The number of guanidine groups is 1. The lowest BCUT2D eigenvalue weighted by Crippen LogP contribution is -2.44. The van der Waals surface area contributed by atoms with E-state index in [1.54, 1.807) is 17.6 Å².